The lowest BCUT2D eigenvalue weighted by Crippen LogP contribution is -2.53. The molecule has 3 aromatic carbocycles. The Kier molecular flexibility index (Phi) is 11.4. The minimum atomic E-state index is -0.689. The molecule has 1 fully saturated rings. The quantitative estimate of drug-likeness (QED) is 0.244. The molecule has 4 rings (SSSR count). The number of aryl methyl sites for hydroxylation is 2. The van der Waals surface area contributed by atoms with E-state index >= 15 is 0 Å². The maximum atomic E-state index is 14.0. The molecule has 0 spiro atoms. The lowest BCUT2D eigenvalue weighted by Gasteiger charge is -2.34. The Labute approximate surface area is 252 Å². The molecule has 4 nitrogen and oxygen atoms in total. The summed E-state index contributed by atoms with van der Waals surface area (Å²) >= 11 is 14.7. The number of carbonyl (C=O) groups is 2. The number of rotatable bonds is 11. The van der Waals surface area contributed by atoms with Gasteiger partial charge in [0, 0.05) is 40.4 Å². The summed E-state index contributed by atoms with van der Waals surface area (Å²) in [5.74, 6) is 0.737. The highest BCUT2D eigenvalue weighted by Crippen LogP contribution is 2.28. The van der Waals surface area contributed by atoms with E-state index in [1.54, 1.807) is 34.9 Å². The van der Waals surface area contributed by atoms with Crippen LogP contribution in [0.4, 0.5) is 0 Å². The van der Waals surface area contributed by atoms with Crippen LogP contribution in [0.5, 0.6) is 0 Å². The lowest BCUT2D eigenvalue weighted by molar-refractivity contribution is -0.139. The van der Waals surface area contributed by atoms with Gasteiger partial charge in [-0.05, 0) is 49.9 Å². The van der Waals surface area contributed by atoms with Crippen LogP contribution in [0.15, 0.2) is 66.7 Å². The van der Waals surface area contributed by atoms with Crippen molar-refractivity contribution in [3.8, 4) is 0 Å². The smallest absolute Gasteiger partial charge is 0.243 e. The van der Waals surface area contributed by atoms with Gasteiger partial charge in [-0.3, -0.25) is 9.59 Å². The Morgan fingerprint density at radius 1 is 0.900 bits per heavy atom. The molecule has 1 aliphatic rings. The normalized spacial score (nSPS) is 14.5. The summed E-state index contributed by atoms with van der Waals surface area (Å²) < 4.78 is 0. The summed E-state index contributed by atoms with van der Waals surface area (Å²) in [5, 5.41) is 4.25. The highest BCUT2D eigenvalue weighted by Gasteiger charge is 2.32. The predicted molar refractivity (Wildman–Crippen MR) is 168 cm³/mol. The van der Waals surface area contributed by atoms with Gasteiger partial charge < -0.3 is 10.2 Å². The highest BCUT2D eigenvalue weighted by atomic mass is 35.5. The fraction of sp³-hybridized carbons (Fsp3) is 0.394. The fourth-order valence-corrected chi connectivity index (χ4v) is 6.81. The van der Waals surface area contributed by atoms with E-state index in [4.69, 9.17) is 23.2 Å². The zero-order chi connectivity index (χ0) is 28.5. The highest BCUT2D eigenvalue weighted by molar-refractivity contribution is 7.99. The molecule has 0 aromatic heterocycles. The molecule has 1 saturated carbocycles. The summed E-state index contributed by atoms with van der Waals surface area (Å²) in [6.07, 6.45) is 5.78. The minimum absolute atomic E-state index is 0.106. The molecule has 0 bridgehead atoms. The minimum Gasteiger partial charge on any atom is -0.352 e. The summed E-state index contributed by atoms with van der Waals surface area (Å²) in [5.41, 5.74) is 5.25. The average Bonchev–Trinajstić information content (AvgIpc) is 2.92. The SMILES string of the molecule is Cc1cc(C)cc(CSCC(=O)N(Cc2c(Cl)cccc2Cl)[C@@H](Cc2ccccc2)C(=O)NC2CCCCC2)c1. The molecule has 2 amide bonds. The maximum absolute atomic E-state index is 14.0. The molecule has 0 radical (unpaired) electrons. The van der Waals surface area contributed by atoms with E-state index in [-0.39, 0.29) is 30.2 Å². The lowest BCUT2D eigenvalue weighted by atomic mass is 9.94. The third-order valence-electron chi connectivity index (χ3n) is 7.39. The molecular formula is C33H38Cl2N2O2S. The molecule has 1 N–H and O–H groups in total. The molecule has 0 aliphatic heterocycles. The van der Waals surface area contributed by atoms with Crippen LogP contribution in [-0.2, 0) is 28.3 Å². The van der Waals surface area contributed by atoms with Crippen LogP contribution < -0.4 is 5.32 Å². The molecule has 1 aliphatic carbocycles. The van der Waals surface area contributed by atoms with Crippen LogP contribution in [0.2, 0.25) is 10.0 Å². The number of nitrogens with zero attached hydrogens (tertiary/aromatic N) is 1. The summed E-state index contributed by atoms with van der Waals surface area (Å²) in [6.45, 7) is 4.33. The van der Waals surface area contributed by atoms with E-state index in [0.717, 1.165) is 31.2 Å². The van der Waals surface area contributed by atoms with Gasteiger partial charge in [-0.25, -0.2) is 0 Å². The zero-order valence-corrected chi connectivity index (χ0v) is 25.6. The van der Waals surface area contributed by atoms with Crippen LogP contribution in [-0.4, -0.2) is 34.6 Å². The zero-order valence-electron chi connectivity index (χ0n) is 23.3. The van der Waals surface area contributed by atoms with Crippen molar-refractivity contribution in [1.82, 2.24) is 10.2 Å². The number of benzene rings is 3. The third-order valence-corrected chi connectivity index (χ3v) is 9.09. The molecule has 0 unspecified atom stereocenters. The van der Waals surface area contributed by atoms with Crippen molar-refractivity contribution in [2.75, 3.05) is 5.75 Å². The van der Waals surface area contributed by atoms with Gasteiger partial charge in [0.25, 0.3) is 0 Å². The first-order chi connectivity index (χ1) is 19.3. The second-order valence-electron chi connectivity index (χ2n) is 10.8. The first kappa shape index (κ1) is 30.5. The molecule has 0 saturated heterocycles. The first-order valence-electron chi connectivity index (χ1n) is 14.0. The molecule has 1 atom stereocenters. The van der Waals surface area contributed by atoms with Gasteiger partial charge in [0.1, 0.15) is 6.04 Å². The van der Waals surface area contributed by atoms with Gasteiger partial charge in [0.15, 0.2) is 0 Å². The third kappa shape index (κ3) is 8.76. The Morgan fingerprint density at radius 3 is 2.20 bits per heavy atom. The van der Waals surface area contributed by atoms with Crippen molar-refractivity contribution in [1.29, 1.82) is 0 Å². The summed E-state index contributed by atoms with van der Waals surface area (Å²) in [7, 11) is 0. The van der Waals surface area contributed by atoms with Crippen LogP contribution >= 0.6 is 35.0 Å². The van der Waals surface area contributed by atoms with Gasteiger partial charge in [-0.1, -0.05) is 108 Å². The summed E-state index contributed by atoms with van der Waals surface area (Å²) in [4.78, 5) is 29.6. The predicted octanol–water partition coefficient (Wildman–Crippen LogP) is 7.93. The average molecular weight is 598 g/mol. The monoisotopic (exact) mass is 596 g/mol. The van der Waals surface area contributed by atoms with E-state index < -0.39 is 6.04 Å². The fourth-order valence-electron chi connectivity index (χ4n) is 5.44. The van der Waals surface area contributed by atoms with Crippen LogP contribution in [0, 0.1) is 13.8 Å². The molecule has 0 heterocycles. The van der Waals surface area contributed by atoms with Crippen molar-refractivity contribution in [3.63, 3.8) is 0 Å². The van der Waals surface area contributed by atoms with E-state index in [1.165, 1.54) is 23.1 Å². The van der Waals surface area contributed by atoms with Crippen LogP contribution in [0.3, 0.4) is 0 Å². The molecule has 40 heavy (non-hydrogen) atoms. The Morgan fingerprint density at radius 2 is 1.55 bits per heavy atom. The van der Waals surface area contributed by atoms with Crippen LogP contribution in [0.25, 0.3) is 0 Å². The van der Waals surface area contributed by atoms with E-state index in [0.29, 0.717) is 27.8 Å². The Balaban J connectivity index is 1.60. The van der Waals surface area contributed by atoms with Crippen molar-refractivity contribution in [2.24, 2.45) is 0 Å². The second kappa shape index (κ2) is 15.0. The number of nitrogens with one attached hydrogen (secondary N) is 1. The second-order valence-corrected chi connectivity index (χ2v) is 12.6. The standard InChI is InChI=1S/C33H38Cl2N2O2S/c1-23-16-24(2)18-26(17-23)21-40-22-32(38)37(20-28-29(34)14-9-15-30(28)35)31(19-25-10-5-3-6-11-25)33(39)36-27-12-7-4-8-13-27/h3,5-6,9-11,14-18,27,31H,4,7-8,12-13,19-22H2,1-2H3,(H,36,39)/t31-/m0/s1. The summed E-state index contributed by atoms with van der Waals surface area (Å²) in [6, 6.07) is 21.1. The topological polar surface area (TPSA) is 49.4 Å². The van der Waals surface area contributed by atoms with Gasteiger partial charge in [0.05, 0.1) is 5.75 Å². The van der Waals surface area contributed by atoms with Crippen molar-refractivity contribution < 1.29 is 9.59 Å². The number of halogens is 2. The van der Waals surface area contributed by atoms with Gasteiger partial charge in [-0.2, -0.15) is 0 Å². The van der Waals surface area contributed by atoms with Gasteiger partial charge >= 0.3 is 0 Å². The Bertz CT molecular complexity index is 1250. The number of carbonyl (C=O) groups excluding carboxylic acids is 2. The molecule has 3 aromatic rings. The van der Waals surface area contributed by atoms with Crippen molar-refractivity contribution in [2.45, 2.75) is 76.8 Å². The largest absolute Gasteiger partial charge is 0.352 e. The van der Waals surface area contributed by atoms with Gasteiger partial charge in [-0.15, -0.1) is 11.8 Å². The molecule has 7 heteroatoms. The van der Waals surface area contributed by atoms with Gasteiger partial charge in [0.2, 0.25) is 11.8 Å². The van der Waals surface area contributed by atoms with Crippen LogP contribution in [0.1, 0.15) is 59.9 Å². The number of hydrogen-bond donors (Lipinski definition) is 1. The van der Waals surface area contributed by atoms with Crippen molar-refractivity contribution in [3.05, 3.63) is 105 Å². The van der Waals surface area contributed by atoms with E-state index in [1.807, 2.05) is 30.3 Å². The first-order valence-corrected chi connectivity index (χ1v) is 15.9. The maximum Gasteiger partial charge on any atom is 0.243 e. The number of hydrogen-bond acceptors (Lipinski definition) is 3. The van der Waals surface area contributed by atoms with E-state index in [9.17, 15) is 9.59 Å². The molecule has 212 valence electrons. The molecular weight excluding hydrogens is 559 g/mol. The van der Waals surface area contributed by atoms with Crippen molar-refractivity contribution >= 4 is 46.8 Å². The van der Waals surface area contributed by atoms with E-state index in [2.05, 4.69) is 37.4 Å². The number of amides is 2. The Hall–Kier alpha value is -2.47. The number of thioether (sulfide) groups is 1.